The second kappa shape index (κ2) is 4.80. The number of fused-ring (bicyclic) bond motifs is 1. The molecule has 2 atom stereocenters. The van der Waals surface area contributed by atoms with Crippen LogP contribution >= 0.6 is 27.3 Å². The molecule has 1 amide bonds. The predicted octanol–water partition coefficient (Wildman–Crippen LogP) is 3.63. The van der Waals surface area contributed by atoms with Gasteiger partial charge in [0.25, 0.3) is 5.91 Å². The number of amides is 1. The molecule has 3 N–H and O–H groups in total. The van der Waals surface area contributed by atoms with Gasteiger partial charge in [0.05, 0.1) is 5.69 Å². The highest BCUT2D eigenvalue weighted by atomic mass is 79.9. The number of nitrogen functional groups attached to an aromatic ring is 1. The van der Waals surface area contributed by atoms with E-state index in [9.17, 15) is 4.79 Å². The van der Waals surface area contributed by atoms with Crippen molar-refractivity contribution in [2.24, 2.45) is 11.8 Å². The Hall–Kier alpha value is -1.07. The van der Waals surface area contributed by atoms with Crippen molar-refractivity contribution in [2.75, 3.05) is 12.3 Å². The summed E-state index contributed by atoms with van der Waals surface area (Å²) in [4.78, 5) is 12.8. The first-order valence-corrected chi connectivity index (χ1v) is 7.93. The topological polar surface area (TPSA) is 55.1 Å². The molecular weight excluding hydrogens is 324 g/mol. The second-order valence-electron chi connectivity index (χ2n) is 5.17. The third kappa shape index (κ3) is 2.49. The minimum atomic E-state index is -0.0473. The summed E-state index contributed by atoms with van der Waals surface area (Å²) in [6.07, 6.45) is 1.22. The van der Waals surface area contributed by atoms with Crippen molar-refractivity contribution in [2.45, 2.75) is 13.3 Å². The van der Waals surface area contributed by atoms with Crippen molar-refractivity contribution in [3.8, 4) is 0 Å². The van der Waals surface area contributed by atoms with Crippen LogP contribution in [0.15, 0.2) is 22.7 Å². The average molecular weight is 339 g/mol. The Morgan fingerprint density at radius 2 is 2.32 bits per heavy atom. The fourth-order valence-corrected chi connectivity index (χ4v) is 3.63. The first-order valence-electron chi connectivity index (χ1n) is 6.32. The van der Waals surface area contributed by atoms with E-state index in [1.54, 1.807) is 0 Å². The number of hydrogen-bond acceptors (Lipinski definition) is 3. The summed E-state index contributed by atoms with van der Waals surface area (Å²) in [6, 6.07) is 5.91. The molecule has 1 fully saturated rings. The van der Waals surface area contributed by atoms with E-state index in [2.05, 4.69) is 28.2 Å². The number of carbonyl (C=O) groups is 1. The highest BCUT2D eigenvalue weighted by Gasteiger charge is 2.32. The molecule has 2 unspecified atom stereocenters. The maximum absolute atomic E-state index is 12.2. The lowest BCUT2D eigenvalue weighted by Gasteiger charge is -2.03. The largest absolute Gasteiger partial charge is 0.397 e. The van der Waals surface area contributed by atoms with E-state index in [4.69, 9.17) is 5.73 Å². The normalized spacial score (nSPS) is 21.6. The molecule has 1 heterocycles. The number of halogens is 1. The van der Waals surface area contributed by atoms with Crippen LogP contribution in [0.4, 0.5) is 5.69 Å². The highest BCUT2D eigenvalue weighted by molar-refractivity contribution is 9.10. The summed E-state index contributed by atoms with van der Waals surface area (Å²) in [5.41, 5.74) is 6.67. The maximum atomic E-state index is 12.2. The van der Waals surface area contributed by atoms with E-state index in [1.165, 1.54) is 17.8 Å². The number of anilines is 1. The van der Waals surface area contributed by atoms with Gasteiger partial charge < -0.3 is 11.1 Å². The molecule has 0 bridgehead atoms. The van der Waals surface area contributed by atoms with Crippen molar-refractivity contribution in [1.82, 2.24) is 5.32 Å². The molecule has 3 nitrogen and oxygen atoms in total. The molecule has 1 saturated carbocycles. The molecule has 0 aliphatic heterocycles. The molecule has 1 aliphatic carbocycles. The van der Waals surface area contributed by atoms with E-state index in [-0.39, 0.29) is 5.91 Å². The summed E-state index contributed by atoms with van der Waals surface area (Å²) in [6.45, 7) is 2.97. The molecule has 0 saturated heterocycles. The van der Waals surface area contributed by atoms with Crippen molar-refractivity contribution in [1.29, 1.82) is 0 Å². The zero-order chi connectivity index (χ0) is 13.6. The Morgan fingerprint density at radius 3 is 3.00 bits per heavy atom. The van der Waals surface area contributed by atoms with Gasteiger partial charge in [0, 0.05) is 21.1 Å². The summed E-state index contributed by atoms with van der Waals surface area (Å²) in [5.74, 6) is 1.35. The molecular formula is C14H15BrN2OS. The van der Waals surface area contributed by atoms with Gasteiger partial charge >= 0.3 is 0 Å². The summed E-state index contributed by atoms with van der Waals surface area (Å²) in [7, 11) is 0. The Morgan fingerprint density at radius 1 is 1.58 bits per heavy atom. The number of nitrogens with one attached hydrogen (secondary N) is 1. The highest BCUT2D eigenvalue weighted by Crippen LogP contribution is 2.38. The monoisotopic (exact) mass is 338 g/mol. The fourth-order valence-electron chi connectivity index (χ4n) is 2.25. The number of hydrogen-bond donors (Lipinski definition) is 2. The van der Waals surface area contributed by atoms with Gasteiger partial charge in [0.1, 0.15) is 4.88 Å². The minimum absolute atomic E-state index is 0.0473. The predicted molar refractivity (Wildman–Crippen MR) is 83.5 cm³/mol. The van der Waals surface area contributed by atoms with Gasteiger partial charge in [0.2, 0.25) is 0 Å². The standard InChI is InChI=1S/C14H15BrN2OS/c1-7-4-8(7)6-17-14(18)13-12(16)10-5-9(15)2-3-11(10)19-13/h2-3,5,7-8H,4,6,16H2,1H3,(H,17,18). The first-order chi connectivity index (χ1) is 9.06. The molecule has 100 valence electrons. The van der Waals surface area contributed by atoms with Gasteiger partial charge in [-0.1, -0.05) is 22.9 Å². The van der Waals surface area contributed by atoms with Crippen LogP contribution in [-0.2, 0) is 0 Å². The molecule has 1 aliphatic rings. The second-order valence-corrected chi connectivity index (χ2v) is 7.14. The number of nitrogens with two attached hydrogens (primary N) is 1. The molecule has 3 rings (SSSR count). The molecule has 2 aromatic rings. The van der Waals surface area contributed by atoms with E-state index < -0.39 is 0 Å². The average Bonchev–Trinajstić information content (AvgIpc) is 3.00. The lowest BCUT2D eigenvalue weighted by molar-refractivity contribution is 0.0956. The Labute approximate surface area is 124 Å². The van der Waals surface area contributed by atoms with Crippen LogP contribution in [0.1, 0.15) is 23.0 Å². The SMILES string of the molecule is CC1CC1CNC(=O)c1sc2ccc(Br)cc2c1N. The van der Waals surface area contributed by atoms with Crippen molar-refractivity contribution < 1.29 is 4.79 Å². The van der Waals surface area contributed by atoms with Gasteiger partial charge in [-0.3, -0.25) is 4.79 Å². The maximum Gasteiger partial charge on any atom is 0.263 e. The smallest absolute Gasteiger partial charge is 0.263 e. The third-order valence-electron chi connectivity index (χ3n) is 3.70. The Kier molecular flexibility index (Phi) is 3.27. The summed E-state index contributed by atoms with van der Waals surface area (Å²) < 4.78 is 2.02. The quantitative estimate of drug-likeness (QED) is 0.897. The van der Waals surface area contributed by atoms with Gasteiger partial charge in [-0.2, -0.15) is 0 Å². The Balaban J connectivity index is 1.83. The fraction of sp³-hybridized carbons (Fsp3) is 0.357. The van der Waals surface area contributed by atoms with Gasteiger partial charge in [-0.25, -0.2) is 0 Å². The van der Waals surface area contributed by atoms with E-state index in [0.29, 0.717) is 16.5 Å². The van der Waals surface area contributed by atoms with E-state index in [0.717, 1.165) is 27.0 Å². The van der Waals surface area contributed by atoms with Gasteiger partial charge in [-0.05, 0) is 36.5 Å². The number of benzene rings is 1. The van der Waals surface area contributed by atoms with Crippen molar-refractivity contribution >= 4 is 48.9 Å². The van der Waals surface area contributed by atoms with Crippen molar-refractivity contribution in [3.05, 3.63) is 27.5 Å². The third-order valence-corrected chi connectivity index (χ3v) is 5.37. The van der Waals surface area contributed by atoms with E-state index in [1.807, 2.05) is 18.2 Å². The lowest BCUT2D eigenvalue weighted by Crippen LogP contribution is -2.25. The number of rotatable bonds is 3. The van der Waals surface area contributed by atoms with Crippen LogP contribution in [-0.4, -0.2) is 12.5 Å². The summed E-state index contributed by atoms with van der Waals surface area (Å²) in [5, 5.41) is 3.94. The van der Waals surface area contributed by atoms with Crippen LogP contribution < -0.4 is 11.1 Å². The van der Waals surface area contributed by atoms with Gasteiger partial charge in [0.15, 0.2) is 0 Å². The molecule has 0 radical (unpaired) electrons. The summed E-state index contributed by atoms with van der Waals surface area (Å²) >= 11 is 4.88. The van der Waals surface area contributed by atoms with Crippen LogP contribution in [0.5, 0.6) is 0 Å². The zero-order valence-corrected chi connectivity index (χ0v) is 13.0. The Bertz CT molecular complexity index is 652. The number of carbonyl (C=O) groups excluding carboxylic acids is 1. The molecule has 19 heavy (non-hydrogen) atoms. The molecule has 0 spiro atoms. The lowest BCUT2D eigenvalue weighted by atomic mass is 10.2. The minimum Gasteiger partial charge on any atom is -0.397 e. The van der Waals surface area contributed by atoms with Crippen LogP contribution in [0.3, 0.4) is 0 Å². The van der Waals surface area contributed by atoms with Crippen molar-refractivity contribution in [3.63, 3.8) is 0 Å². The zero-order valence-electron chi connectivity index (χ0n) is 10.6. The van der Waals surface area contributed by atoms with Gasteiger partial charge in [-0.15, -0.1) is 11.3 Å². The van der Waals surface area contributed by atoms with Crippen LogP contribution in [0, 0.1) is 11.8 Å². The molecule has 5 heteroatoms. The van der Waals surface area contributed by atoms with Crippen LogP contribution in [0.2, 0.25) is 0 Å². The first kappa shape index (κ1) is 12.9. The van der Waals surface area contributed by atoms with E-state index >= 15 is 0 Å². The number of thiophene rings is 1. The van der Waals surface area contributed by atoms with Crippen LogP contribution in [0.25, 0.3) is 10.1 Å². The molecule has 1 aromatic carbocycles. The molecule has 1 aromatic heterocycles.